The fourth-order valence-corrected chi connectivity index (χ4v) is 2.52. The van der Waals surface area contributed by atoms with Crippen LogP contribution >= 0.6 is 0 Å². The van der Waals surface area contributed by atoms with Gasteiger partial charge in [-0.15, -0.1) is 0 Å². The minimum atomic E-state index is -1.43. The van der Waals surface area contributed by atoms with Gasteiger partial charge in [0.05, 0.1) is 6.54 Å². The first-order valence-electron chi connectivity index (χ1n) is 8.30. The lowest BCUT2D eigenvalue weighted by molar-refractivity contribution is -0.129. The number of nitrogens with one attached hydrogen (secondary N) is 1. The third kappa shape index (κ3) is 5.92. The maximum atomic E-state index is 14.2. The zero-order valence-corrected chi connectivity index (χ0v) is 15.8. The molecule has 7 heteroatoms. The average Bonchev–Trinajstić information content (AvgIpc) is 2.72. The second-order valence-corrected chi connectivity index (χ2v) is 8.40. The molecule has 1 fully saturated rings. The van der Waals surface area contributed by atoms with Crippen molar-refractivity contribution in [2.75, 3.05) is 20.2 Å². The zero-order chi connectivity index (χ0) is 18.7. The predicted molar refractivity (Wildman–Crippen MR) is 89.5 cm³/mol. The van der Waals surface area contributed by atoms with E-state index in [4.69, 9.17) is 9.47 Å². The molecule has 0 spiro atoms. The van der Waals surface area contributed by atoms with Crippen LogP contribution in [-0.4, -0.2) is 61.0 Å². The Morgan fingerprint density at radius 1 is 1.21 bits per heavy atom. The van der Waals surface area contributed by atoms with Crippen molar-refractivity contribution in [2.24, 2.45) is 5.41 Å². The number of nitrogens with zero attached hydrogens (tertiary/aromatic N) is 1. The molecule has 0 aromatic heterocycles. The quantitative estimate of drug-likeness (QED) is 0.849. The molecule has 1 saturated heterocycles. The number of halogens is 1. The van der Waals surface area contributed by atoms with E-state index in [1.165, 1.54) is 7.11 Å². The third-order valence-electron chi connectivity index (χ3n) is 3.72. The maximum Gasteiger partial charge on any atom is 0.411 e. The highest BCUT2D eigenvalue weighted by atomic mass is 19.1. The molecule has 0 aromatic rings. The van der Waals surface area contributed by atoms with Crippen molar-refractivity contribution >= 4 is 12.0 Å². The lowest BCUT2D eigenvalue weighted by Crippen LogP contribution is -2.52. The van der Waals surface area contributed by atoms with E-state index < -0.39 is 35.9 Å². The molecule has 0 radical (unpaired) electrons. The molecule has 0 aromatic carbocycles. The van der Waals surface area contributed by atoms with Gasteiger partial charge in [0.15, 0.2) is 0 Å². The summed E-state index contributed by atoms with van der Waals surface area (Å²) in [6, 6.07) is -1.03. The number of amides is 2. The van der Waals surface area contributed by atoms with E-state index in [0.717, 1.165) is 11.3 Å². The molecule has 2 amide bonds. The van der Waals surface area contributed by atoms with E-state index in [1.807, 2.05) is 0 Å². The van der Waals surface area contributed by atoms with Crippen LogP contribution < -0.4 is 5.32 Å². The summed E-state index contributed by atoms with van der Waals surface area (Å²) in [5.41, 5.74) is -0.654. The number of carbonyl (C=O) groups is 2. The maximum absolute atomic E-state index is 14.2. The lowest BCUT2D eigenvalue weighted by atomic mass is 9.92. The molecule has 24 heavy (non-hydrogen) atoms. The van der Waals surface area contributed by atoms with E-state index in [-0.39, 0.29) is 12.0 Å². The lowest BCUT2D eigenvalue weighted by Gasteiger charge is -2.29. The number of hydrogen-bond donors (Lipinski definition) is 1. The van der Waals surface area contributed by atoms with Crippen molar-refractivity contribution in [2.45, 2.75) is 71.9 Å². The smallest absolute Gasteiger partial charge is 0.411 e. The van der Waals surface area contributed by atoms with Crippen LogP contribution in [0.1, 0.15) is 48.0 Å². The van der Waals surface area contributed by atoms with Crippen LogP contribution in [0.5, 0.6) is 0 Å². The van der Waals surface area contributed by atoms with E-state index in [2.05, 4.69) is 26.1 Å². The Morgan fingerprint density at radius 2 is 1.79 bits per heavy atom. The van der Waals surface area contributed by atoms with E-state index in [1.54, 1.807) is 20.8 Å². The van der Waals surface area contributed by atoms with Gasteiger partial charge in [-0.05, 0) is 32.6 Å². The number of ether oxygens (including phenoxy) is 2. The van der Waals surface area contributed by atoms with Gasteiger partial charge in [0.2, 0.25) is 5.91 Å². The van der Waals surface area contributed by atoms with E-state index >= 15 is 0 Å². The van der Waals surface area contributed by atoms with Crippen molar-refractivity contribution in [1.29, 1.82) is 0 Å². The van der Waals surface area contributed by atoms with Crippen LogP contribution in [0.3, 0.4) is 0 Å². The van der Waals surface area contributed by atoms with Gasteiger partial charge in [0.25, 0.3) is 0 Å². The Kier molecular flexibility index (Phi) is 6.61. The first-order chi connectivity index (χ1) is 10.9. The summed E-state index contributed by atoms with van der Waals surface area (Å²) in [5.74, 6) is -0.419. The molecule has 0 unspecified atom stereocenters. The molecule has 140 valence electrons. The monoisotopic (exact) mass is 346 g/mol. The highest BCUT2D eigenvalue weighted by Gasteiger charge is 2.49. The van der Waals surface area contributed by atoms with Crippen molar-refractivity contribution in [3.05, 3.63) is 0 Å². The van der Waals surface area contributed by atoms with Gasteiger partial charge < -0.3 is 14.8 Å². The normalized spacial score (nSPS) is 24.8. The molecule has 1 heterocycles. The van der Waals surface area contributed by atoms with E-state index in [0.29, 0.717) is 6.54 Å². The second-order valence-electron chi connectivity index (χ2n) is 8.40. The van der Waals surface area contributed by atoms with Crippen LogP contribution in [0.2, 0.25) is 0 Å². The SMILES string of the molecule is CO[C@H]1[C@@H](C(=O)NCCC(C)(C)C)N(C(=O)OC(C)(C)C)C[C@@H]1F. The number of methoxy groups -OCH3 is 1. The molecule has 0 saturated carbocycles. The molecule has 1 N–H and O–H groups in total. The standard InChI is InChI=1S/C17H31FN2O4/c1-16(2,3)8-9-19-14(21)12-13(23-7)11(18)10-20(12)15(22)24-17(4,5)6/h11-13H,8-10H2,1-7H3,(H,19,21)/t11-,12-,13+/m0/s1. The molecule has 3 atom stereocenters. The van der Waals surface area contributed by atoms with Crippen molar-refractivity contribution in [3.63, 3.8) is 0 Å². The van der Waals surface area contributed by atoms with Gasteiger partial charge >= 0.3 is 6.09 Å². The minimum Gasteiger partial charge on any atom is -0.444 e. The topological polar surface area (TPSA) is 67.9 Å². The van der Waals surface area contributed by atoms with Crippen LogP contribution in [-0.2, 0) is 14.3 Å². The Morgan fingerprint density at radius 3 is 2.25 bits per heavy atom. The van der Waals surface area contributed by atoms with Gasteiger partial charge in [-0.25, -0.2) is 9.18 Å². The van der Waals surface area contributed by atoms with Gasteiger partial charge in [0, 0.05) is 13.7 Å². The van der Waals surface area contributed by atoms with Crippen molar-refractivity contribution in [1.82, 2.24) is 10.2 Å². The Bertz CT molecular complexity index is 456. The summed E-state index contributed by atoms with van der Waals surface area (Å²) < 4.78 is 24.6. The summed E-state index contributed by atoms with van der Waals surface area (Å²) in [4.78, 5) is 26.0. The average molecular weight is 346 g/mol. The minimum absolute atomic E-state index is 0.0666. The molecule has 1 rings (SSSR count). The zero-order valence-electron chi connectivity index (χ0n) is 15.8. The number of alkyl halides is 1. The molecule has 1 aliphatic rings. The summed E-state index contributed by atoms with van der Waals surface area (Å²) >= 11 is 0. The third-order valence-corrected chi connectivity index (χ3v) is 3.72. The molecular formula is C17H31FN2O4. The van der Waals surface area contributed by atoms with Crippen LogP contribution in [0.15, 0.2) is 0 Å². The second kappa shape index (κ2) is 7.68. The first-order valence-corrected chi connectivity index (χ1v) is 8.30. The number of carbonyl (C=O) groups excluding carboxylic acids is 2. The fraction of sp³-hybridized carbons (Fsp3) is 0.882. The number of rotatable bonds is 4. The van der Waals surface area contributed by atoms with Crippen LogP contribution in [0, 0.1) is 5.41 Å². The highest BCUT2D eigenvalue weighted by Crippen LogP contribution is 2.26. The van der Waals surface area contributed by atoms with Crippen LogP contribution in [0.4, 0.5) is 9.18 Å². The summed E-state index contributed by atoms with van der Waals surface area (Å²) in [7, 11) is 1.34. The molecule has 0 bridgehead atoms. The molecule has 0 aliphatic carbocycles. The summed E-state index contributed by atoms with van der Waals surface area (Å²) in [5, 5.41) is 2.78. The Hall–Kier alpha value is -1.37. The van der Waals surface area contributed by atoms with Gasteiger partial charge in [-0.1, -0.05) is 20.8 Å². The fourth-order valence-electron chi connectivity index (χ4n) is 2.52. The van der Waals surface area contributed by atoms with Gasteiger partial charge in [-0.3, -0.25) is 9.69 Å². The molecular weight excluding hydrogens is 315 g/mol. The Labute approximate surface area is 144 Å². The van der Waals surface area contributed by atoms with E-state index in [9.17, 15) is 14.0 Å². The van der Waals surface area contributed by atoms with Crippen LogP contribution in [0.25, 0.3) is 0 Å². The summed E-state index contributed by atoms with van der Waals surface area (Å²) in [6.45, 7) is 11.6. The Balaban J connectivity index is 2.83. The summed E-state index contributed by atoms with van der Waals surface area (Å²) in [6.07, 6.45) is -2.36. The van der Waals surface area contributed by atoms with Gasteiger partial charge in [0.1, 0.15) is 23.9 Å². The van der Waals surface area contributed by atoms with Gasteiger partial charge in [-0.2, -0.15) is 0 Å². The largest absolute Gasteiger partial charge is 0.444 e. The van der Waals surface area contributed by atoms with Crippen molar-refractivity contribution in [3.8, 4) is 0 Å². The first kappa shape index (κ1) is 20.7. The number of likely N-dealkylation sites (tertiary alicyclic amines) is 1. The molecule has 1 aliphatic heterocycles. The van der Waals surface area contributed by atoms with Crippen molar-refractivity contribution < 1.29 is 23.5 Å². The highest BCUT2D eigenvalue weighted by molar-refractivity contribution is 5.87. The molecule has 6 nitrogen and oxygen atoms in total. The number of hydrogen-bond acceptors (Lipinski definition) is 4. The predicted octanol–water partition coefficient (Wildman–Crippen LogP) is 2.51.